The van der Waals surface area contributed by atoms with Crippen LogP contribution in [0.4, 0.5) is 4.39 Å². The summed E-state index contributed by atoms with van der Waals surface area (Å²) < 4.78 is 12.7. The fraction of sp³-hybridized carbons (Fsp3) is 1.00. The van der Waals surface area contributed by atoms with E-state index in [1.165, 1.54) is 0 Å². The molecule has 0 spiro atoms. The molecule has 0 radical (unpaired) electrons. The van der Waals surface area contributed by atoms with Gasteiger partial charge in [-0.2, -0.15) is 0 Å². The van der Waals surface area contributed by atoms with E-state index >= 15 is 0 Å². The molecule has 54 valence electrons. The fourth-order valence-electron chi connectivity index (χ4n) is 1.35. The first kappa shape index (κ1) is 7.00. The minimum atomic E-state index is -0.764. The molecule has 0 aliphatic heterocycles. The van der Waals surface area contributed by atoms with E-state index in [0.717, 1.165) is 6.42 Å². The van der Waals surface area contributed by atoms with Crippen molar-refractivity contribution >= 4 is 0 Å². The van der Waals surface area contributed by atoms with Crippen LogP contribution < -0.4 is 5.73 Å². The Labute approximate surface area is 55.4 Å². The Morgan fingerprint density at radius 3 is 2.22 bits per heavy atom. The molecule has 2 atom stereocenters. The van der Waals surface area contributed by atoms with Gasteiger partial charge in [-0.05, 0) is 18.3 Å². The van der Waals surface area contributed by atoms with E-state index in [1.54, 1.807) is 0 Å². The number of hydrogen-bond donors (Lipinski definition) is 1. The Balaban J connectivity index is 2.62. The summed E-state index contributed by atoms with van der Waals surface area (Å²) in [6, 6.07) is -0.238. The summed E-state index contributed by atoms with van der Waals surface area (Å²) in [5, 5.41) is 0. The van der Waals surface area contributed by atoms with Crippen molar-refractivity contribution in [2.24, 2.45) is 11.1 Å². The molecular formula is C7H14FN. The lowest BCUT2D eigenvalue weighted by Crippen LogP contribution is -2.37. The Kier molecular flexibility index (Phi) is 1.51. The highest BCUT2D eigenvalue weighted by Crippen LogP contribution is 2.37. The quantitative estimate of drug-likeness (QED) is 0.529. The van der Waals surface area contributed by atoms with Crippen molar-refractivity contribution in [2.75, 3.05) is 0 Å². The van der Waals surface area contributed by atoms with Gasteiger partial charge in [0.15, 0.2) is 0 Å². The number of rotatable bonds is 0. The average molecular weight is 131 g/mol. The van der Waals surface area contributed by atoms with Crippen LogP contribution in [0.3, 0.4) is 0 Å². The van der Waals surface area contributed by atoms with Gasteiger partial charge < -0.3 is 5.73 Å². The van der Waals surface area contributed by atoms with Crippen molar-refractivity contribution in [3.8, 4) is 0 Å². The van der Waals surface area contributed by atoms with E-state index < -0.39 is 6.17 Å². The number of alkyl halides is 1. The highest BCUT2D eigenvalue weighted by molar-refractivity contribution is 4.94. The van der Waals surface area contributed by atoms with Crippen LogP contribution in [0.15, 0.2) is 0 Å². The second kappa shape index (κ2) is 1.94. The minimum Gasteiger partial charge on any atom is -0.325 e. The first-order valence-corrected chi connectivity index (χ1v) is 3.44. The number of hydrogen-bond acceptors (Lipinski definition) is 1. The Morgan fingerprint density at radius 1 is 1.56 bits per heavy atom. The summed E-state index contributed by atoms with van der Waals surface area (Å²) in [5.41, 5.74) is 5.61. The molecule has 0 aromatic rings. The summed E-state index contributed by atoms with van der Waals surface area (Å²) in [5.74, 6) is 0. The Morgan fingerprint density at radius 2 is 2.11 bits per heavy atom. The molecule has 0 bridgehead atoms. The standard InChI is InChI=1S/C7H14FN/c1-7(2)4-3-5(8)6(7)9/h5-6H,3-4,9H2,1-2H3/t5?,6-/m1/s1. The second-order valence-electron chi connectivity index (χ2n) is 3.57. The summed E-state index contributed by atoms with van der Waals surface area (Å²) in [4.78, 5) is 0. The third-order valence-corrected chi connectivity index (χ3v) is 2.36. The maximum absolute atomic E-state index is 12.7. The summed E-state index contributed by atoms with van der Waals surface area (Å²) in [6.45, 7) is 4.05. The van der Waals surface area contributed by atoms with E-state index in [-0.39, 0.29) is 11.5 Å². The van der Waals surface area contributed by atoms with Crippen LogP contribution in [0.25, 0.3) is 0 Å². The Hall–Kier alpha value is -0.110. The van der Waals surface area contributed by atoms with E-state index in [9.17, 15) is 4.39 Å². The third-order valence-electron chi connectivity index (χ3n) is 2.36. The molecular weight excluding hydrogens is 117 g/mol. The predicted molar refractivity (Wildman–Crippen MR) is 35.9 cm³/mol. The lowest BCUT2D eigenvalue weighted by molar-refractivity contribution is 0.247. The summed E-state index contributed by atoms with van der Waals surface area (Å²) in [6.07, 6.45) is 0.809. The Bertz CT molecular complexity index is 111. The maximum atomic E-state index is 12.7. The van der Waals surface area contributed by atoms with Crippen LogP contribution in [0, 0.1) is 5.41 Å². The maximum Gasteiger partial charge on any atom is 0.116 e. The van der Waals surface area contributed by atoms with E-state index in [2.05, 4.69) is 0 Å². The number of nitrogens with two attached hydrogens (primary N) is 1. The van der Waals surface area contributed by atoms with Gasteiger partial charge >= 0.3 is 0 Å². The predicted octanol–water partition coefficient (Wildman–Crippen LogP) is 1.47. The molecule has 1 rings (SSSR count). The smallest absolute Gasteiger partial charge is 0.116 e. The first-order chi connectivity index (χ1) is 4.04. The molecule has 1 aliphatic rings. The van der Waals surface area contributed by atoms with Crippen molar-refractivity contribution in [1.82, 2.24) is 0 Å². The van der Waals surface area contributed by atoms with Gasteiger partial charge in [0, 0.05) is 6.04 Å². The monoisotopic (exact) mass is 131 g/mol. The molecule has 2 heteroatoms. The SMILES string of the molecule is CC1(C)CCC(F)[C@H]1N. The zero-order valence-electron chi connectivity index (χ0n) is 6.02. The molecule has 1 unspecified atom stereocenters. The van der Waals surface area contributed by atoms with E-state index in [1.807, 2.05) is 13.8 Å². The molecule has 0 amide bonds. The zero-order valence-corrected chi connectivity index (χ0v) is 6.02. The van der Waals surface area contributed by atoms with Gasteiger partial charge in [-0.15, -0.1) is 0 Å². The molecule has 2 N–H and O–H groups in total. The molecule has 1 saturated carbocycles. The topological polar surface area (TPSA) is 26.0 Å². The molecule has 0 aromatic carbocycles. The molecule has 0 heterocycles. The van der Waals surface area contributed by atoms with Crippen LogP contribution in [-0.2, 0) is 0 Å². The minimum absolute atomic E-state index is 0.0272. The van der Waals surface area contributed by atoms with Gasteiger partial charge in [0.2, 0.25) is 0 Å². The van der Waals surface area contributed by atoms with E-state index in [4.69, 9.17) is 5.73 Å². The van der Waals surface area contributed by atoms with Crippen LogP contribution in [0.2, 0.25) is 0 Å². The van der Waals surface area contributed by atoms with E-state index in [0.29, 0.717) is 6.42 Å². The fourth-order valence-corrected chi connectivity index (χ4v) is 1.35. The van der Waals surface area contributed by atoms with Crippen LogP contribution >= 0.6 is 0 Å². The van der Waals surface area contributed by atoms with Crippen LogP contribution in [0.1, 0.15) is 26.7 Å². The van der Waals surface area contributed by atoms with Crippen molar-refractivity contribution in [2.45, 2.75) is 38.9 Å². The zero-order chi connectivity index (χ0) is 7.07. The van der Waals surface area contributed by atoms with Crippen molar-refractivity contribution < 1.29 is 4.39 Å². The summed E-state index contributed by atoms with van der Waals surface area (Å²) in [7, 11) is 0. The third kappa shape index (κ3) is 1.08. The molecule has 1 nitrogen and oxygen atoms in total. The van der Waals surface area contributed by atoms with Gasteiger partial charge in [0.25, 0.3) is 0 Å². The number of halogens is 1. The van der Waals surface area contributed by atoms with Crippen molar-refractivity contribution in [3.63, 3.8) is 0 Å². The van der Waals surface area contributed by atoms with Crippen molar-refractivity contribution in [3.05, 3.63) is 0 Å². The molecule has 1 aliphatic carbocycles. The molecule has 0 aromatic heterocycles. The largest absolute Gasteiger partial charge is 0.325 e. The van der Waals surface area contributed by atoms with Gasteiger partial charge in [0.05, 0.1) is 0 Å². The normalized spacial score (nSPS) is 41.3. The lowest BCUT2D eigenvalue weighted by atomic mass is 9.88. The molecule has 9 heavy (non-hydrogen) atoms. The molecule has 1 fully saturated rings. The van der Waals surface area contributed by atoms with Crippen LogP contribution in [0.5, 0.6) is 0 Å². The van der Waals surface area contributed by atoms with Gasteiger partial charge in [-0.25, -0.2) is 4.39 Å². The van der Waals surface area contributed by atoms with Gasteiger partial charge in [-0.3, -0.25) is 0 Å². The molecule has 0 saturated heterocycles. The van der Waals surface area contributed by atoms with Crippen molar-refractivity contribution in [1.29, 1.82) is 0 Å². The highest BCUT2D eigenvalue weighted by atomic mass is 19.1. The summed E-state index contributed by atoms with van der Waals surface area (Å²) >= 11 is 0. The first-order valence-electron chi connectivity index (χ1n) is 3.44. The highest BCUT2D eigenvalue weighted by Gasteiger charge is 2.39. The second-order valence-corrected chi connectivity index (χ2v) is 3.57. The lowest BCUT2D eigenvalue weighted by Gasteiger charge is -2.23. The van der Waals surface area contributed by atoms with Crippen LogP contribution in [-0.4, -0.2) is 12.2 Å². The average Bonchev–Trinajstić information content (AvgIpc) is 1.97. The van der Waals surface area contributed by atoms with Gasteiger partial charge in [0.1, 0.15) is 6.17 Å². The van der Waals surface area contributed by atoms with Gasteiger partial charge in [-0.1, -0.05) is 13.8 Å².